The summed E-state index contributed by atoms with van der Waals surface area (Å²) in [5.74, 6) is 1.03. The average molecular weight is 237 g/mol. The zero-order chi connectivity index (χ0) is 12.9. The van der Waals surface area contributed by atoms with Gasteiger partial charge in [0.25, 0.3) is 0 Å². The first kappa shape index (κ1) is 14.0. The van der Waals surface area contributed by atoms with Gasteiger partial charge in [-0.2, -0.15) is 0 Å². The molecule has 2 N–H and O–H groups in total. The van der Waals surface area contributed by atoms with E-state index >= 15 is 0 Å². The van der Waals surface area contributed by atoms with Crippen molar-refractivity contribution in [2.75, 3.05) is 6.54 Å². The molecule has 0 saturated heterocycles. The third kappa shape index (κ3) is 4.35. The molecule has 0 aliphatic rings. The highest BCUT2D eigenvalue weighted by Gasteiger charge is 2.24. The van der Waals surface area contributed by atoms with Crippen LogP contribution in [0.2, 0.25) is 0 Å². The van der Waals surface area contributed by atoms with E-state index in [1.165, 1.54) is 6.26 Å². The zero-order valence-corrected chi connectivity index (χ0v) is 11.0. The van der Waals surface area contributed by atoms with Gasteiger partial charge in [-0.3, -0.25) is 4.79 Å². The van der Waals surface area contributed by atoms with E-state index in [0.29, 0.717) is 24.6 Å². The predicted octanol–water partition coefficient (Wildman–Crippen LogP) is 3.25. The third-order valence-corrected chi connectivity index (χ3v) is 3.26. The van der Waals surface area contributed by atoms with Crippen LogP contribution in [-0.4, -0.2) is 12.3 Å². The zero-order valence-electron chi connectivity index (χ0n) is 11.0. The largest absolute Gasteiger partial charge is 0.461 e. The van der Waals surface area contributed by atoms with Crippen LogP contribution in [-0.2, 0) is 0 Å². The number of ketones is 1. The maximum absolute atomic E-state index is 11.8. The van der Waals surface area contributed by atoms with Crippen molar-refractivity contribution in [1.82, 2.24) is 0 Å². The van der Waals surface area contributed by atoms with Gasteiger partial charge in [-0.25, -0.2) is 0 Å². The van der Waals surface area contributed by atoms with Crippen LogP contribution in [0, 0.1) is 11.3 Å². The van der Waals surface area contributed by atoms with Crippen molar-refractivity contribution in [3.8, 4) is 0 Å². The molecule has 1 aromatic heterocycles. The Labute approximate surface area is 103 Å². The number of Topliss-reactive ketones (excluding diaryl/α,β-unsaturated/α-hetero) is 1. The molecular formula is C14H23NO2. The van der Waals surface area contributed by atoms with E-state index in [9.17, 15) is 4.79 Å². The van der Waals surface area contributed by atoms with Crippen LogP contribution in [0.1, 0.15) is 50.6 Å². The fourth-order valence-electron chi connectivity index (χ4n) is 2.08. The summed E-state index contributed by atoms with van der Waals surface area (Å²) in [4.78, 5) is 11.8. The van der Waals surface area contributed by atoms with Crippen LogP contribution in [0.5, 0.6) is 0 Å². The Balaban J connectivity index is 2.50. The molecule has 1 aromatic rings. The van der Waals surface area contributed by atoms with Gasteiger partial charge in [0.05, 0.1) is 6.26 Å². The molecule has 96 valence electrons. The number of carbonyl (C=O) groups excluding carboxylic acids is 1. The first-order chi connectivity index (χ1) is 7.95. The lowest BCUT2D eigenvalue weighted by molar-refractivity contribution is 0.0931. The Kier molecular flexibility index (Phi) is 4.94. The summed E-state index contributed by atoms with van der Waals surface area (Å²) in [5, 5.41) is 0. The Morgan fingerprint density at radius 3 is 2.59 bits per heavy atom. The summed E-state index contributed by atoms with van der Waals surface area (Å²) in [5.41, 5.74) is 5.82. The molecule has 1 unspecified atom stereocenters. The lowest BCUT2D eigenvalue weighted by atomic mass is 9.76. The van der Waals surface area contributed by atoms with Crippen molar-refractivity contribution in [2.24, 2.45) is 17.1 Å². The lowest BCUT2D eigenvalue weighted by Crippen LogP contribution is -2.24. The third-order valence-electron chi connectivity index (χ3n) is 3.26. The van der Waals surface area contributed by atoms with Crippen molar-refractivity contribution in [1.29, 1.82) is 0 Å². The van der Waals surface area contributed by atoms with Crippen LogP contribution in [0.3, 0.4) is 0 Å². The van der Waals surface area contributed by atoms with Gasteiger partial charge >= 0.3 is 0 Å². The standard InChI is InChI=1S/C14H23NO2/c1-14(2,3)11(8-9-15)6-7-12(16)13-5-4-10-17-13/h4-5,10-11H,6-9,15H2,1-3H3. The minimum absolute atomic E-state index is 0.0845. The molecule has 0 saturated carbocycles. The van der Waals surface area contributed by atoms with Crippen molar-refractivity contribution in [2.45, 2.75) is 40.0 Å². The predicted molar refractivity (Wildman–Crippen MR) is 68.9 cm³/mol. The van der Waals surface area contributed by atoms with Crippen LogP contribution in [0.15, 0.2) is 22.8 Å². The number of carbonyl (C=O) groups is 1. The summed E-state index contributed by atoms with van der Waals surface area (Å²) in [6.45, 7) is 7.27. The van der Waals surface area contributed by atoms with E-state index in [-0.39, 0.29) is 11.2 Å². The van der Waals surface area contributed by atoms with E-state index < -0.39 is 0 Å². The van der Waals surface area contributed by atoms with Crippen molar-refractivity contribution in [3.63, 3.8) is 0 Å². The fourth-order valence-corrected chi connectivity index (χ4v) is 2.08. The summed E-state index contributed by atoms with van der Waals surface area (Å²) in [6, 6.07) is 3.46. The van der Waals surface area contributed by atoms with Crippen LogP contribution >= 0.6 is 0 Å². The summed E-state index contributed by atoms with van der Waals surface area (Å²) in [7, 11) is 0. The Morgan fingerprint density at radius 1 is 1.41 bits per heavy atom. The second kappa shape index (κ2) is 6.01. The normalized spacial score (nSPS) is 13.6. The summed E-state index contributed by atoms with van der Waals surface area (Å²) >= 11 is 0. The van der Waals surface area contributed by atoms with Gasteiger partial charge in [0.15, 0.2) is 11.5 Å². The second-order valence-electron chi connectivity index (χ2n) is 5.58. The van der Waals surface area contributed by atoms with Gasteiger partial charge in [-0.05, 0) is 42.9 Å². The quantitative estimate of drug-likeness (QED) is 0.773. The van der Waals surface area contributed by atoms with Gasteiger partial charge in [0.2, 0.25) is 0 Å². The van der Waals surface area contributed by atoms with E-state index in [1.807, 2.05) is 0 Å². The number of rotatable bonds is 6. The summed E-state index contributed by atoms with van der Waals surface area (Å²) in [6.07, 6.45) is 3.92. The Morgan fingerprint density at radius 2 is 2.12 bits per heavy atom. The van der Waals surface area contributed by atoms with Crippen LogP contribution < -0.4 is 5.73 Å². The number of furan rings is 1. The van der Waals surface area contributed by atoms with Crippen molar-refractivity contribution in [3.05, 3.63) is 24.2 Å². The minimum atomic E-state index is 0.0845. The molecule has 3 nitrogen and oxygen atoms in total. The molecule has 1 rings (SSSR count). The van der Waals surface area contributed by atoms with E-state index in [1.54, 1.807) is 12.1 Å². The molecule has 0 radical (unpaired) electrons. The summed E-state index contributed by atoms with van der Waals surface area (Å²) < 4.78 is 5.10. The maximum atomic E-state index is 11.8. The highest BCUT2D eigenvalue weighted by atomic mass is 16.3. The van der Waals surface area contributed by atoms with E-state index in [4.69, 9.17) is 10.2 Å². The van der Waals surface area contributed by atoms with Gasteiger partial charge in [0.1, 0.15) is 0 Å². The van der Waals surface area contributed by atoms with Crippen LogP contribution in [0.25, 0.3) is 0 Å². The van der Waals surface area contributed by atoms with E-state index in [2.05, 4.69) is 20.8 Å². The number of nitrogens with two attached hydrogens (primary N) is 1. The van der Waals surface area contributed by atoms with Gasteiger partial charge in [-0.1, -0.05) is 20.8 Å². The first-order valence-corrected chi connectivity index (χ1v) is 6.22. The number of hydrogen-bond acceptors (Lipinski definition) is 3. The molecule has 0 amide bonds. The molecule has 1 atom stereocenters. The average Bonchev–Trinajstić information content (AvgIpc) is 2.75. The Hall–Kier alpha value is -1.09. The van der Waals surface area contributed by atoms with Crippen LogP contribution in [0.4, 0.5) is 0 Å². The monoisotopic (exact) mass is 237 g/mol. The highest BCUT2D eigenvalue weighted by Crippen LogP contribution is 2.32. The molecule has 1 heterocycles. The van der Waals surface area contributed by atoms with Gasteiger partial charge < -0.3 is 10.2 Å². The molecule has 0 aliphatic carbocycles. The maximum Gasteiger partial charge on any atom is 0.197 e. The lowest BCUT2D eigenvalue weighted by Gasteiger charge is -2.30. The molecule has 0 aliphatic heterocycles. The smallest absolute Gasteiger partial charge is 0.197 e. The SMILES string of the molecule is CC(C)(C)C(CCN)CCC(=O)c1ccco1. The van der Waals surface area contributed by atoms with E-state index in [0.717, 1.165) is 12.8 Å². The minimum Gasteiger partial charge on any atom is -0.461 e. The number of hydrogen-bond donors (Lipinski definition) is 1. The molecular weight excluding hydrogens is 214 g/mol. The van der Waals surface area contributed by atoms with Crippen molar-refractivity contribution < 1.29 is 9.21 Å². The highest BCUT2D eigenvalue weighted by molar-refractivity contribution is 5.93. The molecule has 3 heteroatoms. The van der Waals surface area contributed by atoms with Gasteiger partial charge in [-0.15, -0.1) is 0 Å². The Bertz CT molecular complexity index is 336. The molecule has 17 heavy (non-hydrogen) atoms. The molecule has 0 bridgehead atoms. The first-order valence-electron chi connectivity index (χ1n) is 6.22. The topological polar surface area (TPSA) is 56.2 Å². The second-order valence-corrected chi connectivity index (χ2v) is 5.58. The molecule has 0 fully saturated rings. The molecule has 0 spiro atoms. The van der Waals surface area contributed by atoms with Crippen molar-refractivity contribution >= 4 is 5.78 Å². The fraction of sp³-hybridized carbons (Fsp3) is 0.643. The van der Waals surface area contributed by atoms with Gasteiger partial charge in [0, 0.05) is 6.42 Å². The molecule has 0 aromatic carbocycles.